The molecule has 2 aromatic carbocycles. The summed E-state index contributed by atoms with van der Waals surface area (Å²) in [4.78, 5) is 25.3. The zero-order chi connectivity index (χ0) is 19.0. The maximum atomic E-state index is 13.3. The van der Waals surface area contributed by atoms with E-state index in [0.29, 0.717) is 18.4 Å². The molecule has 0 fully saturated rings. The minimum Gasteiger partial charge on any atom is -0.329 e. The highest BCUT2D eigenvalue weighted by atomic mass is 19.1. The lowest BCUT2D eigenvalue weighted by Crippen LogP contribution is -2.38. The number of aryl methyl sites for hydroxylation is 1. The van der Waals surface area contributed by atoms with E-state index in [1.807, 2.05) is 0 Å². The molecule has 0 radical (unpaired) electrons. The smallest absolute Gasteiger partial charge is 0.225 e. The van der Waals surface area contributed by atoms with Crippen molar-refractivity contribution in [2.45, 2.75) is 44.4 Å². The van der Waals surface area contributed by atoms with E-state index in [0.717, 1.165) is 23.2 Å². The number of carbonyl (C=O) groups excluding carboxylic acids is 2. The summed E-state index contributed by atoms with van der Waals surface area (Å²) in [6.07, 6.45) is 2.30. The maximum Gasteiger partial charge on any atom is 0.225 e. The molecule has 27 heavy (non-hydrogen) atoms. The SMILES string of the molecule is CCc1ccc(C2CC(=O)C3=C(C2)NC(=O)CC3c2ccc(F)cc2)cc1. The van der Waals surface area contributed by atoms with Crippen molar-refractivity contribution in [3.8, 4) is 0 Å². The molecule has 1 heterocycles. The van der Waals surface area contributed by atoms with Crippen LogP contribution in [0.2, 0.25) is 0 Å². The molecule has 1 aliphatic heterocycles. The van der Waals surface area contributed by atoms with Crippen LogP contribution in [0.1, 0.15) is 54.7 Å². The van der Waals surface area contributed by atoms with Crippen molar-refractivity contribution in [3.05, 3.63) is 82.3 Å². The Morgan fingerprint density at radius 3 is 2.26 bits per heavy atom. The Bertz CT molecular complexity index is 912. The Labute approximate surface area is 158 Å². The molecule has 0 bridgehead atoms. The molecule has 3 nitrogen and oxygen atoms in total. The van der Waals surface area contributed by atoms with Gasteiger partial charge in [0.2, 0.25) is 5.91 Å². The topological polar surface area (TPSA) is 46.2 Å². The van der Waals surface area contributed by atoms with Crippen LogP contribution in [-0.4, -0.2) is 11.7 Å². The quantitative estimate of drug-likeness (QED) is 0.879. The first-order valence-corrected chi connectivity index (χ1v) is 9.45. The molecule has 0 saturated heterocycles. The first kappa shape index (κ1) is 17.7. The molecular formula is C23H22FNO2. The fourth-order valence-corrected chi connectivity index (χ4v) is 4.20. The zero-order valence-corrected chi connectivity index (χ0v) is 15.3. The predicted molar refractivity (Wildman–Crippen MR) is 102 cm³/mol. The van der Waals surface area contributed by atoms with Crippen LogP contribution in [0.3, 0.4) is 0 Å². The van der Waals surface area contributed by atoms with Gasteiger partial charge in [-0.1, -0.05) is 43.3 Å². The number of Topliss-reactive ketones (excluding diaryl/α,β-unsaturated/α-hetero) is 1. The molecule has 2 aromatic rings. The monoisotopic (exact) mass is 363 g/mol. The minimum atomic E-state index is -0.321. The van der Waals surface area contributed by atoms with Gasteiger partial charge in [0.1, 0.15) is 5.82 Å². The van der Waals surface area contributed by atoms with Gasteiger partial charge in [0.05, 0.1) is 0 Å². The number of rotatable bonds is 3. The van der Waals surface area contributed by atoms with Gasteiger partial charge in [-0.3, -0.25) is 9.59 Å². The molecule has 138 valence electrons. The second-order valence-electron chi connectivity index (χ2n) is 7.37. The number of nitrogens with one attached hydrogen (secondary N) is 1. The van der Waals surface area contributed by atoms with Crippen LogP contribution >= 0.6 is 0 Å². The van der Waals surface area contributed by atoms with Crippen molar-refractivity contribution >= 4 is 11.7 Å². The van der Waals surface area contributed by atoms with Crippen LogP contribution in [0, 0.1) is 5.82 Å². The Balaban J connectivity index is 1.67. The van der Waals surface area contributed by atoms with E-state index < -0.39 is 0 Å². The van der Waals surface area contributed by atoms with Crippen LogP contribution in [-0.2, 0) is 16.0 Å². The van der Waals surface area contributed by atoms with Crippen LogP contribution < -0.4 is 5.32 Å². The molecule has 4 heteroatoms. The zero-order valence-electron chi connectivity index (χ0n) is 15.3. The van der Waals surface area contributed by atoms with Gasteiger partial charge in [-0.15, -0.1) is 0 Å². The number of ketones is 1. The molecule has 1 aliphatic carbocycles. The molecule has 4 rings (SSSR count). The van der Waals surface area contributed by atoms with Crippen molar-refractivity contribution in [1.82, 2.24) is 5.32 Å². The number of allylic oxidation sites excluding steroid dienone is 2. The second-order valence-corrected chi connectivity index (χ2v) is 7.37. The van der Waals surface area contributed by atoms with E-state index in [1.165, 1.54) is 17.7 Å². The Morgan fingerprint density at radius 1 is 0.926 bits per heavy atom. The van der Waals surface area contributed by atoms with Gasteiger partial charge in [-0.2, -0.15) is 0 Å². The fraction of sp³-hybridized carbons (Fsp3) is 0.304. The summed E-state index contributed by atoms with van der Waals surface area (Å²) in [7, 11) is 0. The van der Waals surface area contributed by atoms with E-state index in [2.05, 4.69) is 36.5 Å². The number of amides is 1. The van der Waals surface area contributed by atoms with Gasteiger partial charge in [0.25, 0.3) is 0 Å². The standard InChI is InChI=1S/C23H22FNO2/c1-2-14-3-5-15(6-4-14)17-11-20-23(21(26)12-17)19(13-22(27)25-20)16-7-9-18(24)10-8-16/h3-10,17,19H,2,11-13H2,1H3,(H,25,27). The second kappa shape index (κ2) is 7.10. The molecule has 2 unspecified atom stereocenters. The van der Waals surface area contributed by atoms with Crippen LogP contribution in [0.25, 0.3) is 0 Å². The molecule has 0 spiro atoms. The van der Waals surface area contributed by atoms with E-state index in [4.69, 9.17) is 0 Å². The number of benzene rings is 2. The molecule has 1 amide bonds. The average molecular weight is 363 g/mol. The minimum absolute atomic E-state index is 0.0782. The third-order valence-corrected chi connectivity index (χ3v) is 5.67. The van der Waals surface area contributed by atoms with Gasteiger partial charge in [-0.25, -0.2) is 4.39 Å². The molecule has 2 atom stereocenters. The Kier molecular flexibility index (Phi) is 4.65. The summed E-state index contributed by atoms with van der Waals surface area (Å²) in [6, 6.07) is 14.5. The van der Waals surface area contributed by atoms with Gasteiger partial charge >= 0.3 is 0 Å². The molecule has 0 aromatic heterocycles. The first-order chi connectivity index (χ1) is 13.0. The lowest BCUT2D eigenvalue weighted by Gasteiger charge is -2.34. The highest BCUT2D eigenvalue weighted by molar-refractivity contribution is 6.02. The van der Waals surface area contributed by atoms with Crippen LogP contribution in [0.4, 0.5) is 4.39 Å². The first-order valence-electron chi connectivity index (χ1n) is 9.45. The van der Waals surface area contributed by atoms with E-state index in [9.17, 15) is 14.0 Å². The summed E-state index contributed by atoms with van der Waals surface area (Å²) in [6.45, 7) is 2.11. The van der Waals surface area contributed by atoms with Gasteiger partial charge < -0.3 is 5.32 Å². The summed E-state index contributed by atoms with van der Waals surface area (Å²) in [5.41, 5.74) is 4.65. The lowest BCUT2D eigenvalue weighted by molar-refractivity contribution is -0.122. The largest absolute Gasteiger partial charge is 0.329 e. The fourth-order valence-electron chi connectivity index (χ4n) is 4.20. The maximum absolute atomic E-state index is 13.3. The van der Waals surface area contributed by atoms with Crippen molar-refractivity contribution in [2.75, 3.05) is 0 Å². The lowest BCUT2D eigenvalue weighted by atomic mass is 9.73. The number of halogens is 1. The highest BCUT2D eigenvalue weighted by Crippen LogP contribution is 2.42. The van der Waals surface area contributed by atoms with Gasteiger partial charge in [0, 0.05) is 30.0 Å². The van der Waals surface area contributed by atoms with Crippen molar-refractivity contribution in [1.29, 1.82) is 0 Å². The van der Waals surface area contributed by atoms with Crippen molar-refractivity contribution in [2.24, 2.45) is 0 Å². The van der Waals surface area contributed by atoms with E-state index >= 15 is 0 Å². The molecule has 2 aliphatic rings. The molecular weight excluding hydrogens is 341 g/mol. The van der Waals surface area contributed by atoms with Crippen molar-refractivity contribution < 1.29 is 14.0 Å². The van der Waals surface area contributed by atoms with Crippen molar-refractivity contribution in [3.63, 3.8) is 0 Å². The van der Waals surface area contributed by atoms with Crippen LogP contribution in [0.5, 0.6) is 0 Å². The summed E-state index contributed by atoms with van der Waals surface area (Å²) in [5.74, 6) is -0.536. The van der Waals surface area contributed by atoms with Gasteiger partial charge in [0.15, 0.2) is 5.78 Å². The molecule has 0 saturated carbocycles. The Morgan fingerprint density at radius 2 is 1.59 bits per heavy atom. The Hall–Kier alpha value is -2.75. The van der Waals surface area contributed by atoms with Crippen LogP contribution in [0.15, 0.2) is 59.8 Å². The molecule has 1 N–H and O–H groups in total. The summed E-state index contributed by atoms with van der Waals surface area (Å²) >= 11 is 0. The summed E-state index contributed by atoms with van der Waals surface area (Å²) < 4.78 is 13.3. The number of carbonyl (C=O) groups is 2. The highest BCUT2D eigenvalue weighted by Gasteiger charge is 2.38. The van der Waals surface area contributed by atoms with Gasteiger partial charge in [-0.05, 0) is 47.6 Å². The third-order valence-electron chi connectivity index (χ3n) is 5.67. The van der Waals surface area contributed by atoms with E-state index in [-0.39, 0.29) is 35.8 Å². The predicted octanol–water partition coefficient (Wildman–Crippen LogP) is 4.39. The normalized spacial score (nSPS) is 22.4. The number of hydrogen-bond donors (Lipinski definition) is 1. The summed E-state index contributed by atoms with van der Waals surface area (Å²) in [5, 5.41) is 2.93. The van der Waals surface area contributed by atoms with E-state index in [1.54, 1.807) is 12.1 Å². The average Bonchev–Trinajstić information content (AvgIpc) is 2.67. The third kappa shape index (κ3) is 3.44. The number of hydrogen-bond acceptors (Lipinski definition) is 2.